The first-order chi connectivity index (χ1) is 37.0. The van der Waals surface area contributed by atoms with Crippen molar-refractivity contribution in [3.05, 3.63) is 135 Å². The van der Waals surface area contributed by atoms with E-state index in [0.29, 0.717) is 43.9 Å². The van der Waals surface area contributed by atoms with Gasteiger partial charge in [0.25, 0.3) is 0 Å². The molecule has 0 aromatic heterocycles. The molecule has 6 heteroatoms. The van der Waals surface area contributed by atoms with Crippen molar-refractivity contribution in [3.8, 4) is 11.8 Å². The van der Waals surface area contributed by atoms with Crippen molar-refractivity contribution in [3.63, 3.8) is 0 Å². The number of aliphatic carboxylic acids is 1. The first kappa shape index (κ1) is 50.7. The van der Waals surface area contributed by atoms with E-state index in [4.69, 9.17) is 6.58 Å². The topological polar surface area (TPSA) is 102 Å². The molecule has 76 heavy (non-hydrogen) atoms. The van der Waals surface area contributed by atoms with E-state index in [0.717, 1.165) is 96.0 Å². The monoisotopic (exact) mass is 1020 g/mol. The number of hydrogen-bond acceptors (Lipinski definition) is 5. The molecule has 6 aliphatic heterocycles. The minimum absolute atomic E-state index is 0.0361. The van der Waals surface area contributed by atoms with Crippen LogP contribution in [0.15, 0.2) is 114 Å². The van der Waals surface area contributed by atoms with E-state index in [2.05, 4.69) is 121 Å². The molecule has 15 aliphatic rings. The fourth-order valence-electron chi connectivity index (χ4n) is 20.4. The molecule has 3 fully saturated rings. The van der Waals surface area contributed by atoms with E-state index < -0.39 is 34.9 Å². The zero-order valence-corrected chi connectivity index (χ0v) is 45.9. The van der Waals surface area contributed by atoms with Crippen molar-refractivity contribution in [2.45, 2.75) is 180 Å². The van der Waals surface area contributed by atoms with Gasteiger partial charge in [0, 0.05) is 59.9 Å². The Bertz CT molecular complexity index is 3050. The average molecular weight is 1020 g/mol. The van der Waals surface area contributed by atoms with Gasteiger partial charge in [-0.05, 0) is 163 Å². The Labute approximate surface area is 454 Å². The number of allylic oxidation sites excluding steroid dienone is 9. The van der Waals surface area contributed by atoms with Crippen LogP contribution in [-0.2, 0) is 4.79 Å². The van der Waals surface area contributed by atoms with Crippen LogP contribution in [0.2, 0.25) is 0 Å². The van der Waals surface area contributed by atoms with Crippen LogP contribution in [0.1, 0.15) is 179 Å². The summed E-state index contributed by atoms with van der Waals surface area (Å²) in [5, 5.41) is 47.8. The number of unbranched alkanes of at least 4 members (excludes halogenated alkanes) is 3. The molecule has 0 radical (unpaired) electrons. The first-order valence-corrected chi connectivity index (χ1v) is 30.6. The normalized spacial score (nSPS) is 39.3. The fraction of sp³-hybridized carbons (Fsp3) is 0.586. The molecule has 6 heterocycles. The predicted molar refractivity (Wildman–Crippen MR) is 306 cm³/mol. The van der Waals surface area contributed by atoms with E-state index in [9.17, 15) is 20.1 Å². The number of rotatable bonds is 7. The van der Waals surface area contributed by atoms with Crippen LogP contribution in [0, 0.1) is 74.4 Å². The highest BCUT2D eigenvalue weighted by molar-refractivity contribution is 5.80. The van der Waals surface area contributed by atoms with E-state index in [1.165, 1.54) is 82.4 Å². The maximum Gasteiger partial charge on any atom is 0.306 e. The molecular weight excluding hydrogens is 933 g/mol. The Balaban J connectivity index is 1.04. The first-order valence-electron chi connectivity index (χ1n) is 30.6. The summed E-state index contributed by atoms with van der Waals surface area (Å²) in [6.45, 7) is 11.2. The molecule has 13 atom stereocenters. The number of nitrogens with one attached hydrogen (secondary N) is 2. The molecule has 5 N–H and O–H groups in total. The van der Waals surface area contributed by atoms with Crippen LogP contribution < -0.4 is 21.1 Å². The highest BCUT2D eigenvalue weighted by Crippen LogP contribution is 2.81. The van der Waals surface area contributed by atoms with Crippen molar-refractivity contribution in [1.29, 1.82) is 0 Å². The highest BCUT2D eigenvalue weighted by atomic mass is 16.4. The summed E-state index contributed by atoms with van der Waals surface area (Å²) < 4.78 is 0. The third-order valence-corrected chi connectivity index (χ3v) is 23.5. The summed E-state index contributed by atoms with van der Waals surface area (Å²) in [4.78, 5) is 14.2. The minimum atomic E-state index is -0.742. The van der Waals surface area contributed by atoms with Gasteiger partial charge in [-0.2, -0.15) is 0 Å². The molecule has 3 saturated carbocycles. The molecule has 0 amide bonds. The van der Waals surface area contributed by atoms with Crippen LogP contribution in [0.5, 0.6) is 0 Å². The molecule has 0 saturated heterocycles. The van der Waals surface area contributed by atoms with E-state index in [-0.39, 0.29) is 39.9 Å². The van der Waals surface area contributed by atoms with Crippen molar-refractivity contribution >= 4 is 23.2 Å². The molecule has 2 aromatic carbocycles. The SMILES string of the molecule is C=C1CC[C@@H](C(=O)O)[C@H]2[C@H](O)C[C@@]3(CCCCCC)C4=C(CC[C@]23C)[C@]23CC[C@H](O)[C@@]56CC#CC[C@@H](C7=c8ccccc8=C[C@@H]2C7=C[C@](C=CC5)(C4)C63)c2cccc(c2)C2=CC=C(NCCC[C@H]1C1CCCCC1)NC2. The third kappa shape index (κ3) is 7.64. The molecule has 2 aromatic rings. The summed E-state index contributed by atoms with van der Waals surface area (Å²) in [6, 6.07) is 18.6. The molecule has 1 unspecified atom stereocenters. The fourth-order valence-corrected chi connectivity index (χ4v) is 20.4. The van der Waals surface area contributed by atoms with Crippen molar-refractivity contribution in [2.24, 2.45) is 62.6 Å². The Hall–Kier alpha value is -4.83. The quantitative estimate of drug-likeness (QED) is 0.108. The molecule has 400 valence electrons. The lowest BCUT2D eigenvalue weighted by molar-refractivity contribution is -0.167. The smallest absolute Gasteiger partial charge is 0.306 e. The van der Waals surface area contributed by atoms with Crippen molar-refractivity contribution in [2.75, 3.05) is 13.1 Å². The van der Waals surface area contributed by atoms with Gasteiger partial charge in [-0.3, -0.25) is 4.79 Å². The maximum absolute atomic E-state index is 14.2. The van der Waals surface area contributed by atoms with Gasteiger partial charge in [-0.1, -0.05) is 161 Å². The zero-order chi connectivity index (χ0) is 52.0. The summed E-state index contributed by atoms with van der Waals surface area (Å²) >= 11 is 0. The predicted octanol–water partition coefficient (Wildman–Crippen LogP) is 12.7. The number of aliphatic hydroxyl groups is 2. The minimum Gasteiger partial charge on any atom is -0.481 e. The van der Waals surface area contributed by atoms with Gasteiger partial charge in [0.1, 0.15) is 0 Å². The van der Waals surface area contributed by atoms with Gasteiger partial charge in [0.05, 0.1) is 23.9 Å². The summed E-state index contributed by atoms with van der Waals surface area (Å²) in [5.74, 6) is 8.31. The number of dihydropyridines is 1. The molecule has 6 nitrogen and oxygen atoms in total. The van der Waals surface area contributed by atoms with Gasteiger partial charge in [-0.25, -0.2) is 0 Å². The molecule has 17 bridgehead atoms. The van der Waals surface area contributed by atoms with Gasteiger partial charge < -0.3 is 26.0 Å². The molecule has 17 rings (SSSR count). The number of aliphatic hydroxyl groups excluding tert-OH is 2. The second-order valence-electron chi connectivity index (χ2n) is 26.7. The van der Waals surface area contributed by atoms with Crippen LogP contribution in [0.4, 0.5) is 0 Å². The Morgan fingerprint density at radius 3 is 2.59 bits per heavy atom. The second-order valence-corrected chi connectivity index (χ2v) is 26.7. The lowest BCUT2D eigenvalue weighted by Crippen LogP contribution is -2.68. The number of fused-ring (bicyclic) bond motifs is 1. The van der Waals surface area contributed by atoms with Gasteiger partial charge in [0.2, 0.25) is 0 Å². The van der Waals surface area contributed by atoms with E-state index in [1.807, 2.05) is 0 Å². The lowest BCUT2D eigenvalue weighted by Gasteiger charge is -2.73. The summed E-state index contributed by atoms with van der Waals surface area (Å²) in [6.07, 6.45) is 36.2. The van der Waals surface area contributed by atoms with Crippen molar-refractivity contribution < 1.29 is 20.1 Å². The Morgan fingerprint density at radius 1 is 0.895 bits per heavy atom. The lowest BCUT2D eigenvalue weighted by atomic mass is 9.30. The van der Waals surface area contributed by atoms with Crippen LogP contribution in [0.3, 0.4) is 0 Å². The number of benzene rings is 2. The van der Waals surface area contributed by atoms with E-state index in [1.54, 1.807) is 11.1 Å². The zero-order valence-electron chi connectivity index (χ0n) is 45.9. The van der Waals surface area contributed by atoms with Gasteiger partial charge in [0.15, 0.2) is 0 Å². The van der Waals surface area contributed by atoms with Crippen LogP contribution in [0.25, 0.3) is 17.2 Å². The van der Waals surface area contributed by atoms with Crippen LogP contribution >= 0.6 is 0 Å². The standard InChI is InChI=1S/C70H86N2O4/c1-4-5-6-13-35-69-43-59(73)63-54(64(75)76)28-26-45(2)51(46-18-8-7-9-19-46)25-16-38-71-61-29-27-50(44-72-61)47-21-15-22-48(39-47)52-24-12-14-33-68-34-17-32-67-41-55-57(40-49-20-10-11-23-53(49)62(52)55)70(65(67)68,37-31-60(68)74)56(58(69)42-67)30-36-66(63,69)3/h10-11,15,17,20-23,27,29,32,39-41,46,51-52,54,57,59-60,63,65,71-74H,2,4-9,13,16,18-19,24-26,28,30-31,33-38,42-44H2,1,3H3,(H,75,76)/t51-,52-,54-,57-,59-,60+,63+,65?,66-,67-,68-,69+,70-/m1/s1. The van der Waals surface area contributed by atoms with Gasteiger partial charge >= 0.3 is 5.97 Å². The number of carbonyl (C=O) groups is 1. The third-order valence-electron chi connectivity index (χ3n) is 23.5. The second kappa shape index (κ2) is 19.5. The molecular formula is C70H86N2O4. The Morgan fingerprint density at radius 2 is 1.76 bits per heavy atom. The van der Waals surface area contributed by atoms with Crippen LogP contribution in [-0.4, -0.2) is 46.6 Å². The largest absolute Gasteiger partial charge is 0.481 e. The highest BCUT2D eigenvalue weighted by Gasteiger charge is 2.75. The average Bonchev–Trinajstić information content (AvgIpc) is 2.66. The molecule has 9 aliphatic carbocycles. The Kier molecular flexibility index (Phi) is 13.0. The number of carboxylic acids is 1. The maximum atomic E-state index is 14.2. The molecule has 2 spiro atoms. The van der Waals surface area contributed by atoms with E-state index >= 15 is 0 Å². The van der Waals surface area contributed by atoms with Gasteiger partial charge in [-0.15, -0.1) is 11.8 Å². The van der Waals surface area contributed by atoms with Crippen molar-refractivity contribution in [1.82, 2.24) is 10.6 Å². The number of hydrogen-bond donors (Lipinski definition) is 5. The summed E-state index contributed by atoms with van der Waals surface area (Å²) in [7, 11) is 0. The summed E-state index contributed by atoms with van der Waals surface area (Å²) in [5.41, 5.74) is 9.36. The number of carboxylic acid groups (broad SMARTS) is 1.